The van der Waals surface area contributed by atoms with Crippen molar-refractivity contribution in [2.75, 3.05) is 6.54 Å². The number of nitrogens with one attached hydrogen (secondary N) is 1. The summed E-state index contributed by atoms with van der Waals surface area (Å²) in [6.45, 7) is 2.86. The molecule has 1 aliphatic rings. The van der Waals surface area contributed by atoms with Crippen LogP contribution in [0.5, 0.6) is 0 Å². The van der Waals surface area contributed by atoms with E-state index in [4.69, 9.17) is 0 Å². The summed E-state index contributed by atoms with van der Waals surface area (Å²) in [6, 6.07) is 8.14. The van der Waals surface area contributed by atoms with E-state index in [1.807, 2.05) is 12.1 Å². The summed E-state index contributed by atoms with van der Waals surface area (Å²) in [6.07, 6.45) is 4.22. The molecule has 0 saturated heterocycles. The molecule has 1 saturated carbocycles. The van der Waals surface area contributed by atoms with Crippen LogP contribution in [0.4, 0.5) is 0 Å². The van der Waals surface area contributed by atoms with Crippen LogP contribution in [0.1, 0.15) is 30.4 Å². The van der Waals surface area contributed by atoms with Crippen LogP contribution in [0.3, 0.4) is 0 Å². The summed E-state index contributed by atoms with van der Waals surface area (Å²) in [5, 5.41) is 3.05. The van der Waals surface area contributed by atoms with Crippen LogP contribution in [0.15, 0.2) is 24.3 Å². The minimum atomic E-state index is 0.132. The lowest BCUT2D eigenvalue weighted by atomic mass is 10.1. The van der Waals surface area contributed by atoms with Gasteiger partial charge in [0.05, 0.1) is 6.42 Å². The van der Waals surface area contributed by atoms with Gasteiger partial charge < -0.3 is 5.32 Å². The molecule has 1 amide bonds. The zero-order chi connectivity index (χ0) is 13.0. The Morgan fingerprint density at radius 3 is 2.94 bits per heavy atom. The van der Waals surface area contributed by atoms with Gasteiger partial charge in [0.25, 0.3) is 0 Å². The van der Waals surface area contributed by atoms with Crippen molar-refractivity contribution in [2.24, 2.45) is 5.92 Å². The average Bonchev–Trinajstić information content (AvgIpc) is 2.72. The van der Waals surface area contributed by atoms with Crippen molar-refractivity contribution in [1.82, 2.24) is 5.32 Å². The Morgan fingerprint density at radius 2 is 2.28 bits per heavy atom. The highest BCUT2D eigenvalue weighted by molar-refractivity contribution is 9.09. The van der Waals surface area contributed by atoms with Gasteiger partial charge in [-0.25, -0.2) is 0 Å². The second-order valence-electron chi connectivity index (χ2n) is 5.18. The summed E-state index contributed by atoms with van der Waals surface area (Å²) in [5.74, 6) is 0.735. The first-order valence-corrected chi connectivity index (χ1v) is 7.53. The Hall–Kier alpha value is -0.830. The Labute approximate surface area is 117 Å². The SMILES string of the molecule is Cc1cccc(CC(=O)NCC2CCCC2Br)c1. The number of benzene rings is 1. The lowest BCUT2D eigenvalue weighted by Gasteiger charge is -2.14. The highest BCUT2D eigenvalue weighted by Gasteiger charge is 2.24. The minimum absolute atomic E-state index is 0.132. The fourth-order valence-corrected chi connectivity index (χ4v) is 3.31. The molecular formula is C15H20BrNO. The maximum atomic E-state index is 11.9. The molecule has 3 heteroatoms. The normalized spacial score (nSPS) is 23.0. The molecule has 1 aromatic rings. The first-order valence-electron chi connectivity index (χ1n) is 6.61. The molecule has 0 aromatic heterocycles. The first-order chi connectivity index (χ1) is 8.65. The number of aryl methyl sites for hydroxylation is 1. The van der Waals surface area contributed by atoms with Crippen LogP contribution in [-0.2, 0) is 11.2 Å². The van der Waals surface area contributed by atoms with Gasteiger partial charge in [0.15, 0.2) is 0 Å². The molecule has 0 spiro atoms. The largest absolute Gasteiger partial charge is 0.355 e. The van der Waals surface area contributed by atoms with Crippen molar-refractivity contribution in [2.45, 2.75) is 37.4 Å². The number of rotatable bonds is 4. The summed E-state index contributed by atoms with van der Waals surface area (Å²) < 4.78 is 0. The van der Waals surface area contributed by atoms with E-state index in [0.717, 1.165) is 12.1 Å². The van der Waals surface area contributed by atoms with Gasteiger partial charge in [-0.3, -0.25) is 4.79 Å². The van der Waals surface area contributed by atoms with E-state index < -0.39 is 0 Å². The molecule has 1 aromatic carbocycles. The topological polar surface area (TPSA) is 29.1 Å². The first kappa shape index (κ1) is 13.6. The molecule has 2 nitrogen and oxygen atoms in total. The molecule has 98 valence electrons. The molecular weight excluding hydrogens is 290 g/mol. The number of halogens is 1. The van der Waals surface area contributed by atoms with E-state index in [0.29, 0.717) is 17.2 Å². The molecule has 0 aliphatic heterocycles. The number of carbonyl (C=O) groups is 1. The number of amides is 1. The summed E-state index contributed by atoms with van der Waals surface area (Å²) in [7, 11) is 0. The molecule has 1 aliphatic carbocycles. The van der Waals surface area contributed by atoms with Crippen LogP contribution in [-0.4, -0.2) is 17.3 Å². The van der Waals surface area contributed by atoms with Gasteiger partial charge in [0, 0.05) is 11.4 Å². The zero-order valence-electron chi connectivity index (χ0n) is 10.8. The van der Waals surface area contributed by atoms with Gasteiger partial charge in [0.1, 0.15) is 0 Å². The van der Waals surface area contributed by atoms with E-state index in [1.165, 1.54) is 24.8 Å². The highest BCUT2D eigenvalue weighted by atomic mass is 79.9. The highest BCUT2D eigenvalue weighted by Crippen LogP contribution is 2.30. The summed E-state index contributed by atoms with van der Waals surface area (Å²) in [5.41, 5.74) is 2.30. The smallest absolute Gasteiger partial charge is 0.224 e. The molecule has 0 heterocycles. The Kier molecular flexibility index (Phi) is 4.81. The second-order valence-corrected chi connectivity index (χ2v) is 6.35. The van der Waals surface area contributed by atoms with Gasteiger partial charge in [-0.05, 0) is 31.2 Å². The fourth-order valence-electron chi connectivity index (χ4n) is 2.54. The maximum Gasteiger partial charge on any atom is 0.224 e. The molecule has 2 unspecified atom stereocenters. The van der Waals surface area contributed by atoms with Crippen LogP contribution in [0.25, 0.3) is 0 Å². The maximum absolute atomic E-state index is 11.9. The molecule has 0 bridgehead atoms. The molecule has 18 heavy (non-hydrogen) atoms. The Morgan fingerprint density at radius 1 is 1.44 bits per heavy atom. The lowest BCUT2D eigenvalue weighted by Crippen LogP contribution is -2.32. The van der Waals surface area contributed by atoms with Crippen LogP contribution < -0.4 is 5.32 Å². The fraction of sp³-hybridized carbons (Fsp3) is 0.533. The Balaban J connectivity index is 1.78. The number of hydrogen-bond acceptors (Lipinski definition) is 1. The lowest BCUT2D eigenvalue weighted by molar-refractivity contribution is -0.120. The van der Waals surface area contributed by atoms with Crippen LogP contribution >= 0.6 is 15.9 Å². The molecule has 1 N–H and O–H groups in total. The third-order valence-corrected chi connectivity index (χ3v) is 4.78. The molecule has 2 atom stereocenters. The second kappa shape index (κ2) is 6.37. The number of hydrogen-bond donors (Lipinski definition) is 1. The van der Waals surface area contributed by atoms with E-state index >= 15 is 0 Å². The standard InChI is InChI=1S/C15H20BrNO/c1-11-4-2-5-12(8-11)9-15(18)17-10-13-6-3-7-14(13)16/h2,4-5,8,13-14H,3,6-7,9-10H2,1H3,(H,17,18). The number of carbonyl (C=O) groups excluding carboxylic acids is 1. The van der Waals surface area contributed by atoms with Crippen molar-refractivity contribution in [3.05, 3.63) is 35.4 Å². The number of alkyl halides is 1. The van der Waals surface area contributed by atoms with E-state index in [9.17, 15) is 4.79 Å². The average molecular weight is 310 g/mol. The van der Waals surface area contributed by atoms with Gasteiger partial charge in [0.2, 0.25) is 5.91 Å². The predicted molar refractivity (Wildman–Crippen MR) is 77.9 cm³/mol. The molecule has 1 fully saturated rings. The monoisotopic (exact) mass is 309 g/mol. The van der Waals surface area contributed by atoms with Crippen molar-refractivity contribution in [1.29, 1.82) is 0 Å². The quantitative estimate of drug-likeness (QED) is 0.850. The van der Waals surface area contributed by atoms with Crippen LogP contribution in [0.2, 0.25) is 0 Å². The molecule has 2 rings (SSSR count). The van der Waals surface area contributed by atoms with Crippen LogP contribution in [0, 0.1) is 12.8 Å². The summed E-state index contributed by atoms with van der Waals surface area (Å²) >= 11 is 3.68. The van der Waals surface area contributed by atoms with E-state index in [2.05, 4.69) is 40.3 Å². The van der Waals surface area contributed by atoms with Crippen molar-refractivity contribution in [3.63, 3.8) is 0 Å². The van der Waals surface area contributed by atoms with Gasteiger partial charge in [-0.2, -0.15) is 0 Å². The molecule has 0 radical (unpaired) electrons. The van der Waals surface area contributed by atoms with Crippen molar-refractivity contribution in [3.8, 4) is 0 Å². The zero-order valence-corrected chi connectivity index (χ0v) is 12.4. The van der Waals surface area contributed by atoms with Gasteiger partial charge in [-0.15, -0.1) is 0 Å². The van der Waals surface area contributed by atoms with E-state index in [-0.39, 0.29) is 5.91 Å². The Bertz CT molecular complexity index is 419. The third kappa shape index (κ3) is 3.84. The van der Waals surface area contributed by atoms with Gasteiger partial charge in [-0.1, -0.05) is 52.2 Å². The summed E-state index contributed by atoms with van der Waals surface area (Å²) in [4.78, 5) is 12.4. The van der Waals surface area contributed by atoms with E-state index in [1.54, 1.807) is 0 Å². The predicted octanol–water partition coefficient (Wildman–Crippen LogP) is 3.22. The van der Waals surface area contributed by atoms with Crippen molar-refractivity contribution < 1.29 is 4.79 Å². The van der Waals surface area contributed by atoms with Gasteiger partial charge >= 0.3 is 0 Å². The third-order valence-electron chi connectivity index (χ3n) is 3.57. The van der Waals surface area contributed by atoms with Crippen molar-refractivity contribution >= 4 is 21.8 Å². The minimum Gasteiger partial charge on any atom is -0.355 e.